The number of hydrogen-bond donors (Lipinski definition) is 1. The predicted octanol–water partition coefficient (Wildman–Crippen LogP) is 3.58. The van der Waals surface area contributed by atoms with Gasteiger partial charge in [-0.1, -0.05) is 24.6 Å². The highest BCUT2D eigenvalue weighted by atomic mass is 15.2. The Labute approximate surface area is 124 Å². The molecule has 0 spiro atoms. The summed E-state index contributed by atoms with van der Waals surface area (Å²) in [5, 5.41) is 3.59. The van der Waals surface area contributed by atoms with Crippen molar-refractivity contribution in [3.63, 3.8) is 0 Å². The Bertz CT molecular complexity index is 416. The quantitative estimate of drug-likeness (QED) is 0.798. The summed E-state index contributed by atoms with van der Waals surface area (Å²) in [6.07, 6.45) is 3.92. The van der Waals surface area contributed by atoms with Gasteiger partial charge in [-0.05, 0) is 69.8 Å². The molecule has 1 aromatic rings. The first kappa shape index (κ1) is 15.5. The van der Waals surface area contributed by atoms with Gasteiger partial charge in [0.05, 0.1) is 0 Å². The number of nitrogens with zero attached hydrogens (tertiary/aromatic N) is 1. The molecule has 1 saturated heterocycles. The maximum absolute atomic E-state index is 3.59. The van der Waals surface area contributed by atoms with E-state index in [-0.39, 0.29) is 0 Å². The van der Waals surface area contributed by atoms with Crippen molar-refractivity contribution in [2.75, 3.05) is 19.6 Å². The van der Waals surface area contributed by atoms with Crippen LogP contribution in [0.1, 0.15) is 48.4 Å². The van der Waals surface area contributed by atoms with Crippen LogP contribution in [-0.2, 0) is 6.54 Å². The topological polar surface area (TPSA) is 15.3 Å². The first-order chi connectivity index (χ1) is 9.61. The molecule has 0 bridgehead atoms. The fourth-order valence-corrected chi connectivity index (χ4v) is 3.44. The minimum Gasteiger partial charge on any atom is -0.315 e. The second-order valence-corrected chi connectivity index (χ2v) is 6.35. The summed E-state index contributed by atoms with van der Waals surface area (Å²) in [7, 11) is 0. The lowest BCUT2D eigenvalue weighted by Crippen LogP contribution is -2.38. The lowest BCUT2D eigenvalue weighted by Gasteiger charge is -2.26. The minimum absolute atomic E-state index is 0.724. The van der Waals surface area contributed by atoms with Crippen LogP contribution in [0.25, 0.3) is 0 Å². The van der Waals surface area contributed by atoms with Gasteiger partial charge in [0.1, 0.15) is 0 Å². The third-order valence-corrected chi connectivity index (χ3v) is 4.51. The summed E-state index contributed by atoms with van der Waals surface area (Å²) in [4.78, 5) is 2.67. The van der Waals surface area contributed by atoms with Crippen LogP contribution >= 0.6 is 0 Å². The van der Waals surface area contributed by atoms with Crippen LogP contribution in [0.15, 0.2) is 12.1 Å². The van der Waals surface area contributed by atoms with Gasteiger partial charge in [-0.2, -0.15) is 0 Å². The number of nitrogens with one attached hydrogen (secondary N) is 1. The van der Waals surface area contributed by atoms with E-state index in [0.717, 1.165) is 25.7 Å². The fraction of sp³-hybridized carbons (Fsp3) is 0.667. The monoisotopic (exact) mass is 274 g/mol. The summed E-state index contributed by atoms with van der Waals surface area (Å²) < 4.78 is 0. The van der Waals surface area contributed by atoms with E-state index in [0.29, 0.717) is 0 Å². The van der Waals surface area contributed by atoms with Gasteiger partial charge in [0.2, 0.25) is 0 Å². The van der Waals surface area contributed by atoms with Crippen LogP contribution < -0.4 is 5.32 Å². The van der Waals surface area contributed by atoms with E-state index in [4.69, 9.17) is 0 Å². The van der Waals surface area contributed by atoms with Crippen molar-refractivity contribution in [2.45, 2.75) is 59.5 Å². The Morgan fingerprint density at radius 1 is 1.20 bits per heavy atom. The molecule has 0 aliphatic carbocycles. The first-order valence-electron chi connectivity index (χ1n) is 8.13. The molecule has 2 heteroatoms. The van der Waals surface area contributed by atoms with Crippen molar-refractivity contribution in [1.82, 2.24) is 10.2 Å². The molecule has 2 nitrogen and oxygen atoms in total. The lowest BCUT2D eigenvalue weighted by atomic mass is 9.99. The van der Waals surface area contributed by atoms with E-state index in [2.05, 4.69) is 50.0 Å². The normalized spacial score (nSPS) is 19.7. The van der Waals surface area contributed by atoms with Gasteiger partial charge in [0.15, 0.2) is 0 Å². The highest BCUT2D eigenvalue weighted by Crippen LogP contribution is 2.24. The second-order valence-electron chi connectivity index (χ2n) is 6.35. The van der Waals surface area contributed by atoms with Gasteiger partial charge in [-0.15, -0.1) is 0 Å². The van der Waals surface area contributed by atoms with Gasteiger partial charge in [-0.3, -0.25) is 4.90 Å². The number of likely N-dealkylation sites (tertiary alicyclic amines) is 1. The van der Waals surface area contributed by atoms with Crippen molar-refractivity contribution in [2.24, 2.45) is 0 Å². The maximum atomic E-state index is 3.59. The molecule has 1 aromatic carbocycles. The predicted molar refractivity (Wildman–Crippen MR) is 87.2 cm³/mol. The number of benzene rings is 1. The highest BCUT2D eigenvalue weighted by Gasteiger charge is 2.24. The molecule has 1 N–H and O–H groups in total. The average molecular weight is 274 g/mol. The molecule has 1 unspecified atom stereocenters. The summed E-state index contributed by atoms with van der Waals surface area (Å²) in [5.74, 6) is 0. The van der Waals surface area contributed by atoms with E-state index in [1.165, 1.54) is 48.1 Å². The van der Waals surface area contributed by atoms with Crippen LogP contribution in [0.4, 0.5) is 0 Å². The SMILES string of the molecule is CCCNCC1CCCN1Cc1c(C)cc(C)cc1C. The first-order valence-corrected chi connectivity index (χ1v) is 8.13. The van der Waals surface area contributed by atoms with Crippen molar-refractivity contribution < 1.29 is 0 Å². The molecule has 0 saturated carbocycles. The number of rotatable bonds is 6. The molecule has 0 radical (unpaired) electrons. The molecule has 1 fully saturated rings. The van der Waals surface area contributed by atoms with Gasteiger partial charge in [-0.25, -0.2) is 0 Å². The van der Waals surface area contributed by atoms with Crippen LogP contribution in [0.2, 0.25) is 0 Å². The van der Waals surface area contributed by atoms with Crippen LogP contribution in [0.3, 0.4) is 0 Å². The van der Waals surface area contributed by atoms with Crippen LogP contribution in [0.5, 0.6) is 0 Å². The van der Waals surface area contributed by atoms with Crippen LogP contribution in [-0.4, -0.2) is 30.6 Å². The zero-order valence-corrected chi connectivity index (χ0v) is 13.6. The third-order valence-electron chi connectivity index (χ3n) is 4.51. The largest absolute Gasteiger partial charge is 0.315 e. The molecular formula is C18H30N2. The van der Waals surface area contributed by atoms with E-state index in [1.54, 1.807) is 0 Å². The highest BCUT2D eigenvalue weighted by molar-refractivity contribution is 5.37. The minimum atomic E-state index is 0.724. The summed E-state index contributed by atoms with van der Waals surface area (Å²) >= 11 is 0. The smallest absolute Gasteiger partial charge is 0.0242 e. The molecule has 2 rings (SSSR count). The van der Waals surface area contributed by atoms with Crippen LogP contribution in [0, 0.1) is 20.8 Å². The Morgan fingerprint density at radius 3 is 2.55 bits per heavy atom. The second kappa shape index (κ2) is 7.24. The van der Waals surface area contributed by atoms with Crippen molar-refractivity contribution in [3.05, 3.63) is 34.4 Å². The Morgan fingerprint density at radius 2 is 1.90 bits per heavy atom. The standard InChI is InChI=1S/C18H30N2/c1-5-8-19-12-17-7-6-9-20(17)13-18-15(3)10-14(2)11-16(18)4/h10-11,17,19H,5-9,12-13H2,1-4H3. The molecule has 1 aliphatic heterocycles. The summed E-state index contributed by atoms with van der Waals surface area (Å²) in [6, 6.07) is 5.37. The van der Waals surface area contributed by atoms with E-state index in [9.17, 15) is 0 Å². The van der Waals surface area contributed by atoms with Crippen molar-refractivity contribution in [3.8, 4) is 0 Å². The van der Waals surface area contributed by atoms with Gasteiger partial charge in [0, 0.05) is 19.1 Å². The van der Waals surface area contributed by atoms with Gasteiger partial charge in [0.25, 0.3) is 0 Å². The molecule has 1 heterocycles. The average Bonchev–Trinajstić information content (AvgIpc) is 2.81. The molecule has 1 aliphatic rings. The van der Waals surface area contributed by atoms with Gasteiger partial charge < -0.3 is 5.32 Å². The number of aryl methyl sites for hydroxylation is 3. The molecule has 0 aromatic heterocycles. The summed E-state index contributed by atoms with van der Waals surface area (Å²) in [6.45, 7) is 13.6. The maximum Gasteiger partial charge on any atom is 0.0242 e. The number of hydrogen-bond acceptors (Lipinski definition) is 2. The Hall–Kier alpha value is -0.860. The van der Waals surface area contributed by atoms with E-state index in [1.807, 2.05) is 0 Å². The Kier molecular flexibility index (Phi) is 5.62. The fourth-order valence-electron chi connectivity index (χ4n) is 3.44. The zero-order valence-electron chi connectivity index (χ0n) is 13.6. The third kappa shape index (κ3) is 3.83. The van der Waals surface area contributed by atoms with E-state index < -0.39 is 0 Å². The van der Waals surface area contributed by atoms with E-state index >= 15 is 0 Å². The molecule has 1 atom stereocenters. The lowest BCUT2D eigenvalue weighted by molar-refractivity contribution is 0.238. The van der Waals surface area contributed by atoms with Gasteiger partial charge >= 0.3 is 0 Å². The Balaban J connectivity index is 2.01. The summed E-state index contributed by atoms with van der Waals surface area (Å²) in [5.41, 5.74) is 5.83. The molecule has 112 valence electrons. The zero-order chi connectivity index (χ0) is 14.5. The molecule has 20 heavy (non-hydrogen) atoms. The van der Waals surface area contributed by atoms with Crippen molar-refractivity contribution >= 4 is 0 Å². The molecular weight excluding hydrogens is 244 g/mol. The van der Waals surface area contributed by atoms with Crippen molar-refractivity contribution in [1.29, 1.82) is 0 Å². The molecule has 0 amide bonds.